The summed E-state index contributed by atoms with van der Waals surface area (Å²) in [6.07, 6.45) is 13.9. The topological polar surface area (TPSA) is 17.1 Å². The SMILES string of the molecule is CCCCCCCCCCCCC(=O)c1ccc(Br)s1. The van der Waals surface area contributed by atoms with Crippen molar-refractivity contribution in [1.82, 2.24) is 0 Å². The number of halogens is 1. The van der Waals surface area contributed by atoms with Crippen LogP contribution in [0.4, 0.5) is 0 Å². The Morgan fingerprint density at radius 2 is 1.50 bits per heavy atom. The van der Waals surface area contributed by atoms with Gasteiger partial charge < -0.3 is 0 Å². The second-order valence-electron chi connectivity index (χ2n) is 5.46. The highest BCUT2D eigenvalue weighted by atomic mass is 79.9. The van der Waals surface area contributed by atoms with E-state index in [4.69, 9.17) is 0 Å². The Balaban J connectivity index is 1.91. The molecule has 114 valence electrons. The van der Waals surface area contributed by atoms with E-state index in [2.05, 4.69) is 22.9 Å². The Morgan fingerprint density at radius 3 is 2.00 bits per heavy atom. The van der Waals surface area contributed by atoms with Crippen LogP contribution in [0.1, 0.15) is 87.2 Å². The van der Waals surface area contributed by atoms with Gasteiger partial charge in [0.1, 0.15) is 0 Å². The molecule has 1 nitrogen and oxygen atoms in total. The summed E-state index contributed by atoms with van der Waals surface area (Å²) >= 11 is 4.94. The van der Waals surface area contributed by atoms with Gasteiger partial charge in [-0.05, 0) is 34.5 Å². The quantitative estimate of drug-likeness (QED) is 0.290. The second-order valence-corrected chi connectivity index (χ2v) is 7.92. The highest BCUT2D eigenvalue weighted by Gasteiger charge is 2.07. The molecule has 0 saturated carbocycles. The Bertz CT molecular complexity index is 373. The molecule has 20 heavy (non-hydrogen) atoms. The van der Waals surface area contributed by atoms with E-state index >= 15 is 0 Å². The molecule has 0 atom stereocenters. The van der Waals surface area contributed by atoms with Crippen LogP contribution in [0.15, 0.2) is 15.9 Å². The fourth-order valence-electron chi connectivity index (χ4n) is 2.36. The number of unbranched alkanes of at least 4 members (excludes halogenated alkanes) is 9. The van der Waals surface area contributed by atoms with Gasteiger partial charge in [-0.2, -0.15) is 0 Å². The molecule has 0 aliphatic rings. The largest absolute Gasteiger partial charge is 0.293 e. The van der Waals surface area contributed by atoms with Gasteiger partial charge >= 0.3 is 0 Å². The van der Waals surface area contributed by atoms with Crippen molar-refractivity contribution < 1.29 is 4.79 Å². The first-order chi connectivity index (χ1) is 9.74. The third kappa shape index (κ3) is 8.21. The number of ketones is 1. The van der Waals surface area contributed by atoms with E-state index in [0.29, 0.717) is 12.2 Å². The molecule has 1 rings (SSSR count). The van der Waals surface area contributed by atoms with E-state index in [9.17, 15) is 4.79 Å². The Kier molecular flexibility index (Phi) is 10.3. The van der Waals surface area contributed by atoms with Crippen LogP contribution in [-0.4, -0.2) is 5.78 Å². The van der Waals surface area contributed by atoms with Gasteiger partial charge in [0.15, 0.2) is 5.78 Å². The zero-order valence-corrected chi connectivity index (χ0v) is 15.0. The number of carbonyl (C=O) groups is 1. The average Bonchev–Trinajstić information content (AvgIpc) is 2.87. The number of hydrogen-bond acceptors (Lipinski definition) is 2. The van der Waals surface area contributed by atoms with Gasteiger partial charge in [0.05, 0.1) is 8.66 Å². The summed E-state index contributed by atoms with van der Waals surface area (Å²) in [5.41, 5.74) is 0. The van der Waals surface area contributed by atoms with E-state index in [1.807, 2.05) is 12.1 Å². The Morgan fingerprint density at radius 1 is 0.950 bits per heavy atom. The van der Waals surface area contributed by atoms with Crippen molar-refractivity contribution in [2.24, 2.45) is 0 Å². The maximum Gasteiger partial charge on any atom is 0.172 e. The lowest BCUT2D eigenvalue weighted by Gasteiger charge is -2.02. The molecule has 1 aromatic rings. The van der Waals surface area contributed by atoms with Crippen LogP contribution in [0.5, 0.6) is 0 Å². The van der Waals surface area contributed by atoms with Gasteiger partial charge in [-0.15, -0.1) is 11.3 Å². The Labute approximate surface area is 136 Å². The lowest BCUT2D eigenvalue weighted by molar-refractivity contribution is 0.0983. The lowest BCUT2D eigenvalue weighted by atomic mass is 10.0. The predicted octanol–water partition coefficient (Wildman–Crippen LogP) is 7.00. The van der Waals surface area contributed by atoms with Crippen LogP contribution in [0.25, 0.3) is 0 Å². The van der Waals surface area contributed by atoms with Crippen molar-refractivity contribution in [2.75, 3.05) is 0 Å². The monoisotopic (exact) mass is 358 g/mol. The molecule has 3 heteroatoms. The van der Waals surface area contributed by atoms with Gasteiger partial charge in [-0.25, -0.2) is 0 Å². The van der Waals surface area contributed by atoms with Crippen LogP contribution in [-0.2, 0) is 0 Å². The molecule has 1 aromatic heterocycles. The number of Topliss-reactive ketones (excluding diaryl/α,β-unsaturated/α-hetero) is 1. The van der Waals surface area contributed by atoms with E-state index in [0.717, 1.165) is 15.1 Å². The molecule has 0 radical (unpaired) electrons. The fraction of sp³-hybridized carbons (Fsp3) is 0.706. The third-order valence-electron chi connectivity index (χ3n) is 3.61. The molecule has 0 saturated heterocycles. The second kappa shape index (κ2) is 11.5. The van der Waals surface area contributed by atoms with Gasteiger partial charge in [0.25, 0.3) is 0 Å². The molecule has 0 bridgehead atoms. The average molecular weight is 359 g/mol. The minimum atomic E-state index is 0.306. The van der Waals surface area contributed by atoms with Gasteiger partial charge in [-0.1, -0.05) is 64.7 Å². The maximum atomic E-state index is 11.9. The molecule has 0 aliphatic heterocycles. The highest BCUT2D eigenvalue weighted by Crippen LogP contribution is 2.23. The number of thiophene rings is 1. The summed E-state index contributed by atoms with van der Waals surface area (Å²) in [5.74, 6) is 0.306. The first-order valence-corrected chi connectivity index (χ1v) is 9.63. The van der Waals surface area contributed by atoms with Crippen molar-refractivity contribution in [3.63, 3.8) is 0 Å². The smallest absolute Gasteiger partial charge is 0.172 e. The van der Waals surface area contributed by atoms with Gasteiger partial charge in [0, 0.05) is 6.42 Å². The van der Waals surface area contributed by atoms with Crippen molar-refractivity contribution in [1.29, 1.82) is 0 Å². The van der Waals surface area contributed by atoms with Crippen molar-refractivity contribution in [2.45, 2.75) is 77.6 Å². The zero-order valence-electron chi connectivity index (χ0n) is 12.6. The van der Waals surface area contributed by atoms with E-state index < -0.39 is 0 Å². The Hall–Kier alpha value is -0.150. The standard InChI is InChI=1S/C17H27BrOS/c1-2-3-4-5-6-7-8-9-10-11-12-15(19)16-13-14-17(18)20-16/h13-14H,2-12H2,1H3. The maximum absolute atomic E-state index is 11.9. The first kappa shape index (κ1) is 17.9. The molecule has 0 spiro atoms. The summed E-state index contributed by atoms with van der Waals surface area (Å²) in [6.45, 7) is 2.26. The normalized spacial score (nSPS) is 10.9. The molecule has 0 aromatic carbocycles. The fourth-order valence-corrected chi connectivity index (χ4v) is 3.71. The van der Waals surface area contributed by atoms with Crippen LogP contribution in [0, 0.1) is 0 Å². The first-order valence-electron chi connectivity index (χ1n) is 8.02. The minimum absolute atomic E-state index is 0.306. The summed E-state index contributed by atoms with van der Waals surface area (Å²) in [5, 5.41) is 0. The van der Waals surface area contributed by atoms with Crippen LogP contribution < -0.4 is 0 Å². The van der Waals surface area contributed by atoms with Crippen LogP contribution >= 0.6 is 27.3 Å². The summed E-state index contributed by atoms with van der Waals surface area (Å²) in [7, 11) is 0. The molecule has 1 heterocycles. The lowest BCUT2D eigenvalue weighted by Crippen LogP contribution is -1.95. The van der Waals surface area contributed by atoms with Crippen LogP contribution in [0.3, 0.4) is 0 Å². The number of carbonyl (C=O) groups excluding carboxylic acids is 1. The summed E-state index contributed by atoms with van der Waals surface area (Å²) in [4.78, 5) is 12.8. The van der Waals surface area contributed by atoms with E-state index in [1.165, 1.54) is 57.8 Å². The molecule has 0 fully saturated rings. The number of hydrogen-bond donors (Lipinski definition) is 0. The molecular formula is C17H27BrOS. The van der Waals surface area contributed by atoms with Crippen molar-refractivity contribution in [3.05, 3.63) is 20.8 Å². The van der Waals surface area contributed by atoms with E-state index in [-0.39, 0.29) is 0 Å². The minimum Gasteiger partial charge on any atom is -0.293 e. The molecule has 0 amide bonds. The highest BCUT2D eigenvalue weighted by molar-refractivity contribution is 9.11. The molecule has 0 aliphatic carbocycles. The third-order valence-corrected chi connectivity index (χ3v) is 5.27. The predicted molar refractivity (Wildman–Crippen MR) is 92.8 cm³/mol. The van der Waals surface area contributed by atoms with Crippen molar-refractivity contribution >= 4 is 33.0 Å². The molecule has 0 N–H and O–H groups in total. The van der Waals surface area contributed by atoms with Gasteiger partial charge in [-0.3, -0.25) is 4.79 Å². The van der Waals surface area contributed by atoms with Gasteiger partial charge in [0.2, 0.25) is 0 Å². The zero-order chi connectivity index (χ0) is 14.6. The van der Waals surface area contributed by atoms with E-state index in [1.54, 1.807) is 11.3 Å². The van der Waals surface area contributed by atoms with Crippen LogP contribution in [0.2, 0.25) is 0 Å². The number of rotatable bonds is 12. The summed E-state index contributed by atoms with van der Waals surface area (Å²) < 4.78 is 1.05. The summed E-state index contributed by atoms with van der Waals surface area (Å²) in [6, 6.07) is 3.88. The molecule has 0 unspecified atom stereocenters. The molecular weight excluding hydrogens is 332 g/mol. The van der Waals surface area contributed by atoms with Crippen molar-refractivity contribution in [3.8, 4) is 0 Å².